The van der Waals surface area contributed by atoms with Gasteiger partial charge in [-0.3, -0.25) is 15.0 Å². The van der Waals surface area contributed by atoms with E-state index in [0.29, 0.717) is 24.8 Å². The first-order chi connectivity index (χ1) is 12.8. The van der Waals surface area contributed by atoms with Gasteiger partial charge in [0.25, 0.3) is 5.69 Å². The lowest BCUT2D eigenvalue weighted by molar-refractivity contribution is -0.384. The lowest BCUT2D eigenvalue weighted by Crippen LogP contribution is -2.58. The number of urea groups is 1. The van der Waals surface area contributed by atoms with Crippen LogP contribution in [-0.2, 0) is 0 Å². The summed E-state index contributed by atoms with van der Waals surface area (Å²) in [5.41, 5.74) is 0.163. The molecular formula is C18H26ClN5O3. The van der Waals surface area contributed by atoms with Crippen molar-refractivity contribution in [3.63, 3.8) is 0 Å². The number of piperazine rings is 1. The maximum absolute atomic E-state index is 12.6. The monoisotopic (exact) mass is 395 g/mol. The fourth-order valence-corrected chi connectivity index (χ4v) is 4.14. The number of halogens is 1. The molecule has 0 unspecified atom stereocenters. The molecule has 0 aliphatic carbocycles. The molecule has 0 spiro atoms. The van der Waals surface area contributed by atoms with Crippen LogP contribution in [-0.4, -0.2) is 77.5 Å². The van der Waals surface area contributed by atoms with Gasteiger partial charge in [-0.05, 0) is 52.0 Å². The number of nitrogens with one attached hydrogen (secondary N) is 1. The maximum atomic E-state index is 12.6. The minimum Gasteiger partial charge on any atom is -0.322 e. The summed E-state index contributed by atoms with van der Waals surface area (Å²) >= 11 is 5.82. The van der Waals surface area contributed by atoms with Crippen LogP contribution in [0.4, 0.5) is 16.2 Å². The molecule has 1 aromatic carbocycles. The van der Waals surface area contributed by atoms with Gasteiger partial charge in [-0.15, -0.1) is 0 Å². The van der Waals surface area contributed by atoms with Crippen molar-refractivity contribution in [3.05, 3.63) is 33.3 Å². The first-order valence-electron chi connectivity index (χ1n) is 9.29. The molecule has 8 nitrogen and oxygen atoms in total. The van der Waals surface area contributed by atoms with Crippen LogP contribution in [0.5, 0.6) is 0 Å². The Morgan fingerprint density at radius 2 is 1.96 bits per heavy atom. The number of likely N-dealkylation sites (tertiary alicyclic amines) is 1. The Labute approximate surface area is 164 Å². The van der Waals surface area contributed by atoms with Crippen molar-refractivity contribution in [1.82, 2.24) is 14.7 Å². The molecule has 2 fully saturated rings. The summed E-state index contributed by atoms with van der Waals surface area (Å²) in [6, 6.07) is 4.93. The van der Waals surface area contributed by atoms with E-state index in [4.69, 9.17) is 11.6 Å². The van der Waals surface area contributed by atoms with E-state index in [9.17, 15) is 14.9 Å². The molecule has 0 bridgehead atoms. The second kappa shape index (κ2) is 8.41. The van der Waals surface area contributed by atoms with Crippen LogP contribution in [0.1, 0.15) is 19.8 Å². The SMILES string of the molecule is C[C@@H]1CN(C(=O)Nc2ccc(Cl)c([N+](=O)[O-])c2)CCN1C1CCN(C)CC1. The smallest absolute Gasteiger partial charge is 0.321 e. The van der Waals surface area contributed by atoms with E-state index in [1.165, 1.54) is 25.0 Å². The Kier molecular flexibility index (Phi) is 6.18. The molecule has 2 amide bonds. The molecular weight excluding hydrogens is 370 g/mol. The third-order valence-electron chi connectivity index (χ3n) is 5.52. The summed E-state index contributed by atoms with van der Waals surface area (Å²) in [7, 11) is 2.16. The van der Waals surface area contributed by atoms with Crippen molar-refractivity contribution in [2.45, 2.75) is 31.8 Å². The number of benzene rings is 1. The fourth-order valence-electron chi connectivity index (χ4n) is 3.96. The minimum absolute atomic E-state index is 0.0540. The second-order valence-corrected chi connectivity index (χ2v) is 7.83. The van der Waals surface area contributed by atoms with Crippen LogP contribution in [0.15, 0.2) is 18.2 Å². The molecule has 2 aliphatic heterocycles. The number of hydrogen-bond acceptors (Lipinski definition) is 5. The number of piperidine rings is 1. The van der Waals surface area contributed by atoms with Crippen molar-refractivity contribution < 1.29 is 9.72 Å². The Hall–Kier alpha value is -1.90. The highest BCUT2D eigenvalue weighted by atomic mass is 35.5. The van der Waals surface area contributed by atoms with Crippen LogP contribution in [0.2, 0.25) is 5.02 Å². The largest absolute Gasteiger partial charge is 0.322 e. The third-order valence-corrected chi connectivity index (χ3v) is 5.84. The van der Waals surface area contributed by atoms with E-state index in [0.717, 1.165) is 19.6 Å². The van der Waals surface area contributed by atoms with Crippen molar-refractivity contribution in [2.24, 2.45) is 0 Å². The molecule has 2 aliphatic rings. The van der Waals surface area contributed by atoms with E-state index < -0.39 is 4.92 Å². The molecule has 1 N–H and O–H groups in total. The van der Waals surface area contributed by atoms with E-state index in [2.05, 4.69) is 29.1 Å². The zero-order chi connectivity index (χ0) is 19.6. The molecule has 3 rings (SSSR count). The summed E-state index contributed by atoms with van der Waals surface area (Å²) in [5.74, 6) is 0. The average Bonchev–Trinajstić information content (AvgIpc) is 2.64. The molecule has 27 heavy (non-hydrogen) atoms. The minimum atomic E-state index is -0.555. The van der Waals surface area contributed by atoms with Gasteiger partial charge >= 0.3 is 6.03 Å². The van der Waals surface area contributed by atoms with E-state index in [1.807, 2.05) is 0 Å². The van der Waals surface area contributed by atoms with Crippen LogP contribution < -0.4 is 5.32 Å². The van der Waals surface area contributed by atoms with Gasteiger partial charge in [0.05, 0.1) is 4.92 Å². The van der Waals surface area contributed by atoms with E-state index in [-0.39, 0.29) is 22.8 Å². The van der Waals surface area contributed by atoms with Gasteiger partial charge in [-0.2, -0.15) is 0 Å². The molecule has 0 saturated carbocycles. The van der Waals surface area contributed by atoms with Gasteiger partial charge in [0.2, 0.25) is 0 Å². The standard InChI is InChI=1S/C18H26ClN5O3/c1-13-12-22(9-10-23(13)15-5-7-21(2)8-6-15)18(25)20-14-3-4-16(19)17(11-14)24(26)27/h3-4,11,13,15H,5-10,12H2,1-2H3,(H,20,25)/t13-/m1/s1. The van der Waals surface area contributed by atoms with Crippen LogP contribution in [0, 0.1) is 10.1 Å². The van der Waals surface area contributed by atoms with Crippen LogP contribution in [0.25, 0.3) is 0 Å². The summed E-state index contributed by atoms with van der Waals surface area (Å²) < 4.78 is 0. The Morgan fingerprint density at radius 3 is 2.59 bits per heavy atom. The summed E-state index contributed by atoms with van der Waals surface area (Å²) in [6.07, 6.45) is 2.34. The summed E-state index contributed by atoms with van der Waals surface area (Å²) in [6.45, 7) is 6.54. The Bertz CT molecular complexity index is 708. The molecule has 0 radical (unpaired) electrons. The topological polar surface area (TPSA) is 82.0 Å². The predicted octanol–water partition coefficient (Wildman–Crippen LogP) is 2.88. The molecule has 1 aromatic rings. The lowest BCUT2D eigenvalue weighted by atomic mass is 10.0. The molecule has 2 saturated heterocycles. The maximum Gasteiger partial charge on any atom is 0.321 e. The quantitative estimate of drug-likeness (QED) is 0.628. The number of anilines is 1. The van der Waals surface area contributed by atoms with Gasteiger partial charge in [0.1, 0.15) is 5.02 Å². The van der Waals surface area contributed by atoms with Crippen molar-refractivity contribution in [2.75, 3.05) is 45.1 Å². The number of nitrogens with zero attached hydrogens (tertiary/aromatic N) is 4. The van der Waals surface area contributed by atoms with Gasteiger partial charge in [-0.1, -0.05) is 11.6 Å². The van der Waals surface area contributed by atoms with Gasteiger partial charge in [0, 0.05) is 43.5 Å². The first-order valence-corrected chi connectivity index (χ1v) is 9.67. The van der Waals surface area contributed by atoms with Crippen LogP contribution >= 0.6 is 11.6 Å². The van der Waals surface area contributed by atoms with Gasteiger partial charge in [-0.25, -0.2) is 4.79 Å². The number of amides is 2. The number of rotatable bonds is 3. The highest BCUT2D eigenvalue weighted by molar-refractivity contribution is 6.32. The number of nitro benzene ring substituents is 1. The first kappa shape index (κ1) is 19.9. The van der Waals surface area contributed by atoms with Crippen molar-refractivity contribution in [1.29, 1.82) is 0 Å². The lowest BCUT2D eigenvalue weighted by Gasteiger charge is -2.46. The second-order valence-electron chi connectivity index (χ2n) is 7.42. The molecule has 148 valence electrons. The van der Waals surface area contributed by atoms with Gasteiger partial charge in [0.15, 0.2) is 0 Å². The zero-order valence-corrected chi connectivity index (χ0v) is 16.5. The van der Waals surface area contributed by atoms with Gasteiger partial charge < -0.3 is 15.1 Å². The Morgan fingerprint density at radius 1 is 1.26 bits per heavy atom. The molecule has 9 heteroatoms. The van der Waals surface area contributed by atoms with E-state index >= 15 is 0 Å². The predicted molar refractivity (Wildman–Crippen MR) is 105 cm³/mol. The summed E-state index contributed by atoms with van der Waals surface area (Å²) in [4.78, 5) is 29.7. The molecule has 1 atom stereocenters. The summed E-state index contributed by atoms with van der Waals surface area (Å²) in [5, 5.41) is 13.8. The number of carbonyl (C=O) groups excluding carboxylic acids is 1. The number of hydrogen-bond donors (Lipinski definition) is 1. The van der Waals surface area contributed by atoms with Crippen molar-refractivity contribution in [3.8, 4) is 0 Å². The molecule has 0 aromatic heterocycles. The third kappa shape index (κ3) is 4.69. The number of nitro groups is 1. The highest BCUT2D eigenvalue weighted by Gasteiger charge is 2.32. The van der Waals surface area contributed by atoms with E-state index in [1.54, 1.807) is 11.0 Å². The number of carbonyl (C=O) groups is 1. The van der Waals surface area contributed by atoms with Crippen LogP contribution in [0.3, 0.4) is 0 Å². The van der Waals surface area contributed by atoms with Crippen molar-refractivity contribution >= 4 is 29.0 Å². The fraction of sp³-hybridized carbons (Fsp3) is 0.611. The highest BCUT2D eigenvalue weighted by Crippen LogP contribution is 2.28. The molecule has 2 heterocycles. The normalized spacial score (nSPS) is 22.6. The Balaban J connectivity index is 1.58. The zero-order valence-electron chi connectivity index (χ0n) is 15.7. The average molecular weight is 396 g/mol.